The zero-order chi connectivity index (χ0) is 7.94. The molecule has 1 aliphatic heterocycles. The van der Waals surface area contributed by atoms with E-state index in [4.69, 9.17) is 9.47 Å². The monoisotopic (exact) mass is 156 g/mol. The third-order valence-electron chi connectivity index (χ3n) is 1.83. The fourth-order valence-electron chi connectivity index (χ4n) is 1.14. The molecule has 0 amide bonds. The van der Waals surface area contributed by atoms with Crippen LogP contribution in [0, 0.1) is 0 Å². The Morgan fingerprint density at radius 3 is 3.18 bits per heavy atom. The van der Waals surface area contributed by atoms with Gasteiger partial charge < -0.3 is 9.47 Å². The Hall–Kier alpha value is -0.340. The van der Waals surface area contributed by atoms with Crippen LogP contribution in [0.4, 0.5) is 0 Å². The van der Waals surface area contributed by atoms with Gasteiger partial charge in [0, 0.05) is 6.61 Å². The van der Waals surface area contributed by atoms with Crippen LogP contribution in [0.25, 0.3) is 0 Å². The van der Waals surface area contributed by atoms with Gasteiger partial charge in [-0.15, -0.1) is 0 Å². The Labute approximate surface area is 68.2 Å². The largest absolute Gasteiger partial charge is 0.381 e. The van der Waals surface area contributed by atoms with Crippen molar-refractivity contribution in [3.63, 3.8) is 0 Å². The summed E-state index contributed by atoms with van der Waals surface area (Å²) in [5, 5.41) is 0. The molecular formula is C9H16O2. The molecule has 0 aliphatic carbocycles. The highest BCUT2D eigenvalue weighted by molar-refractivity contribution is 5.04. The van der Waals surface area contributed by atoms with Crippen LogP contribution in [-0.4, -0.2) is 26.4 Å². The fourth-order valence-corrected chi connectivity index (χ4v) is 1.14. The summed E-state index contributed by atoms with van der Waals surface area (Å²) in [6.45, 7) is 5.39. The Balaban J connectivity index is 2.09. The minimum Gasteiger partial charge on any atom is -0.381 e. The van der Waals surface area contributed by atoms with E-state index in [1.807, 2.05) is 6.92 Å². The van der Waals surface area contributed by atoms with E-state index in [0.717, 1.165) is 39.3 Å². The first-order valence-corrected chi connectivity index (χ1v) is 4.27. The second-order valence-corrected chi connectivity index (χ2v) is 2.63. The van der Waals surface area contributed by atoms with Crippen LogP contribution >= 0.6 is 0 Å². The SMILES string of the molecule is CCOCCC1=CCOCC1. The third-order valence-corrected chi connectivity index (χ3v) is 1.83. The van der Waals surface area contributed by atoms with Gasteiger partial charge in [0.05, 0.1) is 19.8 Å². The first-order valence-electron chi connectivity index (χ1n) is 4.27. The number of hydrogen-bond acceptors (Lipinski definition) is 2. The lowest BCUT2D eigenvalue weighted by atomic mass is 10.1. The van der Waals surface area contributed by atoms with Gasteiger partial charge in [0.1, 0.15) is 0 Å². The van der Waals surface area contributed by atoms with Crippen molar-refractivity contribution in [2.75, 3.05) is 26.4 Å². The molecule has 0 bridgehead atoms. The molecule has 0 aromatic carbocycles. The van der Waals surface area contributed by atoms with Crippen LogP contribution in [0.1, 0.15) is 19.8 Å². The molecule has 0 unspecified atom stereocenters. The van der Waals surface area contributed by atoms with Crippen molar-refractivity contribution in [3.05, 3.63) is 11.6 Å². The molecule has 0 N–H and O–H groups in total. The first-order chi connectivity index (χ1) is 5.43. The Kier molecular flexibility index (Phi) is 4.24. The lowest BCUT2D eigenvalue weighted by molar-refractivity contribution is 0.136. The van der Waals surface area contributed by atoms with E-state index >= 15 is 0 Å². The van der Waals surface area contributed by atoms with Gasteiger partial charge in [-0.05, 0) is 19.8 Å². The maximum absolute atomic E-state index is 5.25. The van der Waals surface area contributed by atoms with Crippen molar-refractivity contribution in [3.8, 4) is 0 Å². The molecule has 0 spiro atoms. The molecule has 0 aromatic rings. The van der Waals surface area contributed by atoms with Gasteiger partial charge in [-0.3, -0.25) is 0 Å². The summed E-state index contributed by atoms with van der Waals surface area (Å²) in [6, 6.07) is 0. The Bertz CT molecular complexity index is 130. The summed E-state index contributed by atoms with van der Waals surface area (Å²) in [5.74, 6) is 0. The van der Waals surface area contributed by atoms with Crippen LogP contribution in [0.2, 0.25) is 0 Å². The van der Waals surface area contributed by atoms with Crippen molar-refractivity contribution in [1.82, 2.24) is 0 Å². The highest BCUT2D eigenvalue weighted by Gasteiger charge is 2.02. The van der Waals surface area contributed by atoms with Crippen LogP contribution in [0.3, 0.4) is 0 Å². The first kappa shape index (κ1) is 8.75. The average molecular weight is 156 g/mol. The van der Waals surface area contributed by atoms with Crippen LogP contribution in [0.15, 0.2) is 11.6 Å². The summed E-state index contributed by atoms with van der Waals surface area (Å²) in [6.07, 6.45) is 4.34. The molecule has 0 atom stereocenters. The molecule has 0 aromatic heterocycles. The fraction of sp³-hybridized carbons (Fsp3) is 0.778. The molecule has 64 valence electrons. The maximum atomic E-state index is 5.25. The van der Waals surface area contributed by atoms with Gasteiger partial charge in [0.15, 0.2) is 0 Å². The van der Waals surface area contributed by atoms with E-state index in [9.17, 15) is 0 Å². The lowest BCUT2D eigenvalue weighted by Gasteiger charge is -2.12. The molecular weight excluding hydrogens is 140 g/mol. The zero-order valence-electron chi connectivity index (χ0n) is 7.14. The summed E-state index contributed by atoms with van der Waals surface area (Å²) < 4.78 is 10.4. The summed E-state index contributed by atoms with van der Waals surface area (Å²) >= 11 is 0. The third kappa shape index (κ3) is 3.54. The van der Waals surface area contributed by atoms with Gasteiger partial charge in [-0.25, -0.2) is 0 Å². The van der Waals surface area contributed by atoms with E-state index in [1.54, 1.807) is 0 Å². The smallest absolute Gasteiger partial charge is 0.0650 e. The second-order valence-electron chi connectivity index (χ2n) is 2.63. The highest BCUT2D eigenvalue weighted by atomic mass is 16.5. The molecule has 2 nitrogen and oxygen atoms in total. The molecule has 1 rings (SSSR count). The molecule has 2 heteroatoms. The van der Waals surface area contributed by atoms with Gasteiger partial charge in [0.2, 0.25) is 0 Å². The van der Waals surface area contributed by atoms with Gasteiger partial charge in [0.25, 0.3) is 0 Å². The molecule has 0 fully saturated rings. The van der Waals surface area contributed by atoms with Gasteiger partial charge in [-0.1, -0.05) is 11.6 Å². The maximum Gasteiger partial charge on any atom is 0.0650 e. The molecule has 0 saturated heterocycles. The van der Waals surface area contributed by atoms with Gasteiger partial charge in [-0.2, -0.15) is 0 Å². The summed E-state index contributed by atoms with van der Waals surface area (Å²) in [7, 11) is 0. The van der Waals surface area contributed by atoms with Crippen molar-refractivity contribution in [2.45, 2.75) is 19.8 Å². The lowest BCUT2D eigenvalue weighted by Crippen LogP contribution is -2.06. The number of ether oxygens (including phenoxy) is 2. The molecule has 11 heavy (non-hydrogen) atoms. The number of rotatable bonds is 4. The highest BCUT2D eigenvalue weighted by Crippen LogP contribution is 2.11. The van der Waals surface area contributed by atoms with Crippen LogP contribution in [0.5, 0.6) is 0 Å². The standard InChI is InChI=1S/C9H16O2/c1-2-10-6-3-9-4-7-11-8-5-9/h4H,2-3,5-8H2,1H3. The summed E-state index contributed by atoms with van der Waals surface area (Å²) in [5.41, 5.74) is 1.49. The van der Waals surface area contributed by atoms with E-state index < -0.39 is 0 Å². The second kappa shape index (κ2) is 5.33. The van der Waals surface area contributed by atoms with E-state index in [-0.39, 0.29) is 0 Å². The van der Waals surface area contributed by atoms with Crippen molar-refractivity contribution >= 4 is 0 Å². The Morgan fingerprint density at radius 2 is 2.55 bits per heavy atom. The molecule has 0 radical (unpaired) electrons. The number of hydrogen-bond donors (Lipinski definition) is 0. The average Bonchev–Trinajstić information content (AvgIpc) is 2.07. The summed E-state index contributed by atoms with van der Waals surface area (Å²) in [4.78, 5) is 0. The van der Waals surface area contributed by atoms with Crippen LogP contribution < -0.4 is 0 Å². The Morgan fingerprint density at radius 1 is 1.64 bits per heavy atom. The van der Waals surface area contributed by atoms with E-state index in [0.29, 0.717) is 0 Å². The van der Waals surface area contributed by atoms with Crippen molar-refractivity contribution < 1.29 is 9.47 Å². The zero-order valence-corrected chi connectivity index (χ0v) is 7.14. The quantitative estimate of drug-likeness (QED) is 0.456. The molecule has 1 heterocycles. The normalized spacial score (nSPS) is 18.1. The van der Waals surface area contributed by atoms with Crippen molar-refractivity contribution in [2.24, 2.45) is 0 Å². The topological polar surface area (TPSA) is 18.5 Å². The predicted molar refractivity (Wildman–Crippen MR) is 44.6 cm³/mol. The van der Waals surface area contributed by atoms with E-state index in [2.05, 4.69) is 6.08 Å². The molecule has 1 aliphatic rings. The minimum absolute atomic E-state index is 0.793. The predicted octanol–water partition coefficient (Wildman–Crippen LogP) is 1.76. The molecule has 0 saturated carbocycles. The van der Waals surface area contributed by atoms with E-state index in [1.165, 1.54) is 5.57 Å². The van der Waals surface area contributed by atoms with Crippen LogP contribution in [-0.2, 0) is 9.47 Å². The van der Waals surface area contributed by atoms with Gasteiger partial charge >= 0.3 is 0 Å². The van der Waals surface area contributed by atoms with Crippen molar-refractivity contribution in [1.29, 1.82) is 0 Å². The minimum atomic E-state index is 0.793.